The molecule has 1 aromatic carbocycles. The summed E-state index contributed by atoms with van der Waals surface area (Å²) in [5, 5.41) is 2.59. The van der Waals surface area contributed by atoms with Gasteiger partial charge in [0.05, 0.1) is 5.54 Å². The summed E-state index contributed by atoms with van der Waals surface area (Å²) in [4.78, 5) is 12.7. The molecule has 0 radical (unpaired) electrons. The number of hydrogen-bond donors (Lipinski definition) is 1. The smallest absolute Gasteiger partial charge is 0.285 e. The van der Waals surface area contributed by atoms with Crippen LogP contribution in [-0.2, 0) is 0 Å². The number of ether oxygens (including phenoxy) is 1. The summed E-state index contributed by atoms with van der Waals surface area (Å²) < 4.78 is 5.72. The highest BCUT2D eigenvalue weighted by atomic mass is 32.2. The second kappa shape index (κ2) is 6.23. The van der Waals surface area contributed by atoms with Gasteiger partial charge in [-0.05, 0) is 70.6 Å². The number of amides is 1. The third-order valence-corrected chi connectivity index (χ3v) is 3.03. The first-order valence-electron chi connectivity index (χ1n) is 6.38. The minimum atomic E-state index is -0.640. The maximum Gasteiger partial charge on any atom is 0.285 e. The minimum Gasteiger partial charge on any atom is -0.488 e. The van der Waals surface area contributed by atoms with E-state index >= 15 is 0 Å². The van der Waals surface area contributed by atoms with E-state index in [1.807, 2.05) is 45.0 Å². The van der Waals surface area contributed by atoms with Crippen molar-refractivity contribution in [2.45, 2.75) is 50.7 Å². The van der Waals surface area contributed by atoms with Crippen LogP contribution in [0.5, 0.6) is 5.75 Å². The number of nitrogens with one attached hydrogen (secondary N) is 1. The van der Waals surface area contributed by atoms with Gasteiger partial charge >= 0.3 is 0 Å². The fraction of sp³-hybridized carbons (Fsp3) is 0.438. The highest BCUT2D eigenvalue weighted by Crippen LogP contribution is 2.24. The quantitative estimate of drug-likeness (QED) is 0.673. The summed E-state index contributed by atoms with van der Waals surface area (Å²) >= 11 is 1.11. The Bertz CT molecular complexity index is 507. The number of terminal acetylenes is 1. The molecule has 0 bridgehead atoms. The lowest BCUT2D eigenvalue weighted by Gasteiger charge is -2.21. The molecule has 0 heterocycles. The highest BCUT2D eigenvalue weighted by Gasteiger charge is 2.17. The van der Waals surface area contributed by atoms with E-state index in [-0.39, 0.29) is 10.8 Å². The molecule has 0 saturated heterocycles. The van der Waals surface area contributed by atoms with Crippen LogP contribution in [0.15, 0.2) is 29.2 Å². The van der Waals surface area contributed by atoms with E-state index in [0.29, 0.717) is 0 Å². The molecule has 0 atom stereocenters. The first-order valence-corrected chi connectivity index (χ1v) is 7.20. The Hall–Kier alpha value is -1.60. The van der Waals surface area contributed by atoms with Crippen molar-refractivity contribution in [3.8, 4) is 18.1 Å². The molecule has 1 N–H and O–H groups in total. The van der Waals surface area contributed by atoms with Gasteiger partial charge in [0.1, 0.15) is 11.4 Å². The van der Waals surface area contributed by atoms with Crippen molar-refractivity contribution in [1.29, 1.82) is 0 Å². The molecule has 0 fully saturated rings. The zero-order valence-corrected chi connectivity index (χ0v) is 13.4. The largest absolute Gasteiger partial charge is 0.488 e. The molecular weight excluding hydrogens is 270 g/mol. The lowest BCUT2D eigenvalue weighted by molar-refractivity contribution is 0.131. The van der Waals surface area contributed by atoms with Crippen LogP contribution in [0.2, 0.25) is 0 Å². The standard InChI is InChI=1S/C16H21NO2S/c1-7-16(5,6)17-14(18)20-13-10-8-12(9-11-13)19-15(2,3)4/h1,8-11H,2-6H3,(H,17,18). The number of rotatable bonds is 3. The molecule has 4 heteroatoms. The van der Waals surface area contributed by atoms with Gasteiger partial charge in [0.25, 0.3) is 5.24 Å². The van der Waals surface area contributed by atoms with Gasteiger partial charge < -0.3 is 10.1 Å². The van der Waals surface area contributed by atoms with Crippen LogP contribution in [0.25, 0.3) is 0 Å². The van der Waals surface area contributed by atoms with E-state index in [1.165, 1.54) is 0 Å². The third-order valence-electron chi connectivity index (χ3n) is 2.23. The number of hydrogen-bond acceptors (Lipinski definition) is 3. The topological polar surface area (TPSA) is 38.3 Å². The van der Waals surface area contributed by atoms with Crippen molar-refractivity contribution in [1.82, 2.24) is 5.32 Å². The van der Waals surface area contributed by atoms with Gasteiger partial charge in [0.15, 0.2) is 0 Å². The van der Waals surface area contributed by atoms with E-state index in [4.69, 9.17) is 11.2 Å². The Kier molecular flexibility index (Phi) is 5.13. The van der Waals surface area contributed by atoms with Crippen LogP contribution in [-0.4, -0.2) is 16.4 Å². The maximum absolute atomic E-state index is 11.8. The van der Waals surface area contributed by atoms with Crippen molar-refractivity contribution in [2.24, 2.45) is 0 Å². The molecule has 0 aliphatic rings. The predicted octanol–water partition coefficient (Wildman–Crippen LogP) is 4.08. The van der Waals surface area contributed by atoms with Crippen LogP contribution in [0, 0.1) is 12.3 Å². The fourth-order valence-corrected chi connectivity index (χ4v) is 2.15. The second-order valence-electron chi connectivity index (χ2n) is 5.97. The molecule has 3 nitrogen and oxygen atoms in total. The Morgan fingerprint density at radius 3 is 2.20 bits per heavy atom. The predicted molar refractivity (Wildman–Crippen MR) is 84.1 cm³/mol. The van der Waals surface area contributed by atoms with E-state index in [1.54, 1.807) is 13.8 Å². The number of benzene rings is 1. The summed E-state index contributed by atoms with van der Waals surface area (Å²) in [5.41, 5.74) is -0.873. The Morgan fingerprint density at radius 1 is 1.20 bits per heavy atom. The molecule has 0 aliphatic carbocycles. The summed E-state index contributed by atoms with van der Waals surface area (Å²) in [7, 11) is 0. The number of thioether (sulfide) groups is 1. The van der Waals surface area contributed by atoms with Crippen LogP contribution >= 0.6 is 11.8 Å². The third kappa shape index (κ3) is 6.03. The molecule has 1 amide bonds. The van der Waals surface area contributed by atoms with E-state index in [0.717, 1.165) is 22.4 Å². The Labute approximate surface area is 125 Å². The van der Waals surface area contributed by atoms with Gasteiger partial charge in [0.2, 0.25) is 0 Å². The van der Waals surface area contributed by atoms with E-state index < -0.39 is 5.54 Å². The lowest BCUT2D eigenvalue weighted by atomic mass is 10.1. The Balaban J connectivity index is 2.62. The van der Waals surface area contributed by atoms with Gasteiger partial charge in [-0.25, -0.2) is 0 Å². The van der Waals surface area contributed by atoms with Crippen molar-refractivity contribution in [2.75, 3.05) is 0 Å². The average molecular weight is 291 g/mol. The van der Waals surface area contributed by atoms with E-state index in [9.17, 15) is 4.79 Å². The van der Waals surface area contributed by atoms with Crippen LogP contribution < -0.4 is 10.1 Å². The van der Waals surface area contributed by atoms with Crippen molar-refractivity contribution >= 4 is 17.0 Å². The maximum atomic E-state index is 11.8. The molecule has 1 rings (SSSR count). The molecule has 108 valence electrons. The first kappa shape index (κ1) is 16.5. The lowest BCUT2D eigenvalue weighted by Crippen LogP contribution is -2.39. The van der Waals surface area contributed by atoms with Crippen LogP contribution in [0.1, 0.15) is 34.6 Å². The molecule has 0 aromatic heterocycles. The fourth-order valence-electron chi connectivity index (χ4n) is 1.35. The number of carbonyl (C=O) groups excluding carboxylic acids is 1. The molecule has 20 heavy (non-hydrogen) atoms. The van der Waals surface area contributed by atoms with Gasteiger partial charge in [0, 0.05) is 4.90 Å². The molecular formula is C16H21NO2S. The molecule has 0 spiro atoms. The highest BCUT2D eigenvalue weighted by molar-refractivity contribution is 8.13. The van der Waals surface area contributed by atoms with E-state index in [2.05, 4.69) is 11.2 Å². The first-order chi connectivity index (χ1) is 9.11. The van der Waals surface area contributed by atoms with Crippen LogP contribution in [0.3, 0.4) is 0 Å². The Morgan fingerprint density at radius 2 is 1.75 bits per heavy atom. The monoisotopic (exact) mass is 291 g/mol. The molecule has 0 unspecified atom stereocenters. The van der Waals surface area contributed by atoms with Crippen LogP contribution in [0.4, 0.5) is 4.79 Å². The van der Waals surface area contributed by atoms with Gasteiger partial charge in [-0.2, -0.15) is 0 Å². The second-order valence-corrected chi connectivity index (χ2v) is 7.02. The van der Waals surface area contributed by atoms with Gasteiger partial charge in [-0.1, -0.05) is 5.92 Å². The summed E-state index contributed by atoms with van der Waals surface area (Å²) in [6.07, 6.45) is 5.34. The zero-order valence-electron chi connectivity index (χ0n) is 12.6. The SMILES string of the molecule is C#CC(C)(C)NC(=O)Sc1ccc(OC(C)(C)C)cc1. The van der Waals surface area contributed by atoms with Gasteiger partial charge in [-0.3, -0.25) is 4.79 Å². The molecule has 0 aliphatic heterocycles. The average Bonchev–Trinajstić information content (AvgIpc) is 2.29. The zero-order chi connectivity index (χ0) is 15.4. The normalized spacial score (nSPS) is 11.6. The van der Waals surface area contributed by atoms with Gasteiger partial charge in [-0.15, -0.1) is 6.42 Å². The minimum absolute atomic E-state index is 0.169. The summed E-state index contributed by atoms with van der Waals surface area (Å²) in [6, 6.07) is 7.42. The van der Waals surface area contributed by atoms with Crippen molar-refractivity contribution in [3.63, 3.8) is 0 Å². The van der Waals surface area contributed by atoms with Crippen molar-refractivity contribution in [3.05, 3.63) is 24.3 Å². The number of carbonyl (C=O) groups is 1. The summed E-state index contributed by atoms with van der Waals surface area (Å²) in [5.74, 6) is 3.31. The summed E-state index contributed by atoms with van der Waals surface area (Å²) in [6.45, 7) is 9.54. The molecule has 0 saturated carbocycles. The molecule has 1 aromatic rings. The van der Waals surface area contributed by atoms with Crippen molar-refractivity contribution < 1.29 is 9.53 Å².